The fraction of sp³-hybridized carbons (Fsp3) is 0.429. The molecule has 40 heavy (non-hydrogen) atoms. The molecule has 0 unspecified atom stereocenters. The number of anilines is 2. The lowest BCUT2D eigenvalue weighted by atomic mass is 10.0. The average Bonchev–Trinajstić information content (AvgIpc) is 3.34. The van der Waals surface area contributed by atoms with Crippen LogP contribution in [0.1, 0.15) is 17.5 Å². The van der Waals surface area contributed by atoms with Crippen LogP contribution in [0.4, 0.5) is 15.9 Å². The van der Waals surface area contributed by atoms with Gasteiger partial charge in [0.05, 0.1) is 38.2 Å². The third-order valence-electron chi connectivity index (χ3n) is 7.07. The van der Waals surface area contributed by atoms with Crippen LogP contribution in [0.25, 0.3) is 0 Å². The number of halogens is 1. The fourth-order valence-corrected chi connectivity index (χ4v) is 6.45. The van der Waals surface area contributed by atoms with Gasteiger partial charge >= 0.3 is 0 Å². The lowest BCUT2D eigenvalue weighted by Gasteiger charge is -2.31. The first-order valence-electron chi connectivity index (χ1n) is 12.8. The molecule has 1 atom stereocenters. The van der Waals surface area contributed by atoms with Gasteiger partial charge < -0.3 is 24.0 Å². The lowest BCUT2D eigenvalue weighted by Crippen LogP contribution is -2.44. The zero-order chi connectivity index (χ0) is 29.1. The summed E-state index contributed by atoms with van der Waals surface area (Å²) in [6.07, 6.45) is 2.42. The highest BCUT2D eigenvalue weighted by Crippen LogP contribution is 2.34. The topological polar surface area (TPSA) is 97.3 Å². The third kappa shape index (κ3) is 6.13. The normalized spacial score (nSPS) is 17.4. The lowest BCUT2D eigenvalue weighted by molar-refractivity contribution is -0.0100. The summed E-state index contributed by atoms with van der Waals surface area (Å²) in [6, 6.07) is 10.6. The average molecular weight is 574 g/mol. The van der Waals surface area contributed by atoms with Gasteiger partial charge in [-0.25, -0.2) is 14.3 Å². The Bertz CT molecular complexity index is 1450. The first-order valence-corrected chi connectivity index (χ1v) is 14.2. The van der Waals surface area contributed by atoms with E-state index in [0.29, 0.717) is 23.6 Å². The van der Waals surface area contributed by atoms with E-state index in [1.807, 2.05) is 21.0 Å². The SMILES string of the molecule is COc1ccc(CN(c2cccc(F)n2)S(=O)(=O)c2cc(C)c(N3CC[C@](CN(C)C)(OC)C3)cn2)c(OC)c1. The van der Waals surface area contributed by atoms with E-state index < -0.39 is 16.0 Å². The highest BCUT2D eigenvalue weighted by Gasteiger charge is 2.39. The van der Waals surface area contributed by atoms with Crippen molar-refractivity contribution >= 4 is 21.5 Å². The number of aromatic nitrogens is 2. The molecule has 0 spiro atoms. The molecule has 1 aromatic carbocycles. The van der Waals surface area contributed by atoms with Gasteiger partial charge in [0.2, 0.25) is 5.95 Å². The summed E-state index contributed by atoms with van der Waals surface area (Å²) in [7, 11) is 4.49. The molecule has 1 saturated heterocycles. The van der Waals surface area contributed by atoms with Gasteiger partial charge in [-0.1, -0.05) is 6.07 Å². The van der Waals surface area contributed by atoms with Gasteiger partial charge in [-0.15, -0.1) is 0 Å². The van der Waals surface area contributed by atoms with E-state index in [9.17, 15) is 12.8 Å². The Morgan fingerprint density at radius 1 is 1.10 bits per heavy atom. The van der Waals surface area contributed by atoms with Gasteiger partial charge in [0.15, 0.2) is 5.03 Å². The number of benzene rings is 1. The van der Waals surface area contributed by atoms with Crippen LogP contribution in [0.3, 0.4) is 0 Å². The van der Waals surface area contributed by atoms with Crippen LogP contribution >= 0.6 is 0 Å². The Morgan fingerprint density at radius 3 is 2.50 bits per heavy atom. The fourth-order valence-electron chi connectivity index (χ4n) is 5.06. The smallest absolute Gasteiger partial charge is 0.283 e. The van der Waals surface area contributed by atoms with Crippen molar-refractivity contribution in [2.75, 3.05) is 64.3 Å². The van der Waals surface area contributed by atoms with Crippen LogP contribution < -0.4 is 18.7 Å². The standard InChI is InChI=1S/C28H36FN5O5S/c1-20-14-27(30-16-23(20)33-13-12-28(19-33,39-6)18-32(2)3)40(35,36)34(26-9-7-8-25(29)31-26)17-21-10-11-22(37-4)15-24(21)38-5/h7-11,14-16H,12-13,17-19H2,1-6H3/t28-/m1/s1. The van der Waals surface area contributed by atoms with Crippen LogP contribution in [-0.4, -0.2) is 83.9 Å². The highest BCUT2D eigenvalue weighted by molar-refractivity contribution is 7.92. The summed E-state index contributed by atoms with van der Waals surface area (Å²) in [4.78, 5) is 12.5. The van der Waals surface area contributed by atoms with Crippen LogP contribution in [0.5, 0.6) is 11.5 Å². The summed E-state index contributed by atoms with van der Waals surface area (Å²) in [5, 5.41) is -0.169. The summed E-state index contributed by atoms with van der Waals surface area (Å²) >= 11 is 0. The molecule has 10 nitrogen and oxygen atoms in total. The molecule has 0 N–H and O–H groups in total. The first-order chi connectivity index (χ1) is 19.0. The van der Waals surface area contributed by atoms with Gasteiger partial charge in [0, 0.05) is 38.4 Å². The molecule has 3 heterocycles. The summed E-state index contributed by atoms with van der Waals surface area (Å²) in [5.74, 6) is 0.0994. The monoisotopic (exact) mass is 573 g/mol. The third-order valence-corrected chi connectivity index (χ3v) is 8.72. The number of likely N-dealkylation sites (N-methyl/N-ethyl adjacent to an activating group) is 1. The molecule has 0 radical (unpaired) electrons. The molecule has 1 aliphatic rings. The minimum atomic E-state index is -4.26. The second kappa shape index (κ2) is 11.9. The van der Waals surface area contributed by atoms with Crippen molar-refractivity contribution < 1.29 is 27.0 Å². The molecule has 0 bridgehead atoms. The molecule has 0 amide bonds. The van der Waals surface area contributed by atoms with Crippen molar-refractivity contribution in [1.82, 2.24) is 14.9 Å². The van der Waals surface area contributed by atoms with Crippen LogP contribution in [-0.2, 0) is 21.3 Å². The predicted molar refractivity (Wildman–Crippen MR) is 151 cm³/mol. The summed E-state index contributed by atoms with van der Waals surface area (Å²) in [6.45, 7) is 3.87. The molecule has 1 aliphatic heterocycles. The zero-order valence-electron chi connectivity index (χ0n) is 23.7. The number of hydrogen-bond donors (Lipinski definition) is 0. The van der Waals surface area contributed by atoms with Crippen LogP contribution in [0.15, 0.2) is 53.7 Å². The van der Waals surface area contributed by atoms with Gasteiger partial charge in [0.1, 0.15) is 17.3 Å². The van der Waals surface area contributed by atoms with Gasteiger partial charge in [-0.3, -0.25) is 0 Å². The van der Waals surface area contributed by atoms with Crippen LogP contribution in [0.2, 0.25) is 0 Å². The molecule has 12 heteroatoms. The molecule has 4 rings (SSSR count). The summed E-state index contributed by atoms with van der Waals surface area (Å²) < 4.78 is 59.9. The van der Waals surface area contributed by atoms with E-state index >= 15 is 0 Å². The molecule has 216 valence electrons. The Balaban J connectivity index is 1.70. The molecular formula is C28H36FN5O5S. The largest absolute Gasteiger partial charge is 0.497 e. The Kier molecular flexibility index (Phi) is 8.81. The maximum atomic E-state index is 14.2. The van der Waals surface area contributed by atoms with E-state index in [2.05, 4.69) is 19.8 Å². The number of ether oxygens (including phenoxy) is 3. The molecule has 3 aromatic rings. The minimum Gasteiger partial charge on any atom is -0.497 e. The highest BCUT2D eigenvalue weighted by atomic mass is 32.2. The number of sulfonamides is 1. The summed E-state index contributed by atoms with van der Waals surface area (Å²) in [5.41, 5.74) is 1.81. The Morgan fingerprint density at radius 2 is 1.88 bits per heavy atom. The van der Waals surface area contributed by atoms with Crippen molar-refractivity contribution in [3.63, 3.8) is 0 Å². The second-order valence-corrected chi connectivity index (χ2v) is 11.9. The van der Waals surface area contributed by atoms with Gasteiger partial charge in [-0.05, 0) is 63.3 Å². The quantitative estimate of drug-likeness (QED) is 0.319. The van der Waals surface area contributed by atoms with E-state index in [1.54, 1.807) is 37.6 Å². The van der Waals surface area contributed by atoms with Gasteiger partial charge in [0.25, 0.3) is 10.0 Å². The number of methoxy groups -OCH3 is 3. The number of pyridine rings is 2. The predicted octanol–water partition coefficient (Wildman–Crippen LogP) is 3.49. The zero-order valence-corrected chi connectivity index (χ0v) is 24.5. The molecule has 0 aliphatic carbocycles. The van der Waals surface area contributed by atoms with Crippen molar-refractivity contribution in [2.24, 2.45) is 0 Å². The maximum Gasteiger partial charge on any atom is 0.283 e. The van der Waals surface area contributed by atoms with Gasteiger partial charge in [-0.2, -0.15) is 12.8 Å². The Labute approximate surface area is 235 Å². The number of rotatable bonds is 11. The van der Waals surface area contributed by atoms with Crippen molar-refractivity contribution in [3.8, 4) is 11.5 Å². The minimum absolute atomic E-state index is 0.0745. The van der Waals surface area contributed by atoms with Crippen molar-refractivity contribution in [3.05, 3.63) is 65.7 Å². The van der Waals surface area contributed by atoms with E-state index in [4.69, 9.17) is 14.2 Å². The van der Waals surface area contributed by atoms with Crippen molar-refractivity contribution in [1.29, 1.82) is 0 Å². The molecule has 1 fully saturated rings. The van der Waals surface area contributed by atoms with E-state index in [-0.39, 0.29) is 23.0 Å². The van der Waals surface area contributed by atoms with Crippen molar-refractivity contribution in [2.45, 2.75) is 30.5 Å². The molecular weight excluding hydrogens is 537 g/mol. The first kappa shape index (κ1) is 29.5. The second-order valence-electron chi connectivity index (χ2n) is 10.1. The molecule has 2 aromatic heterocycles. The number of hydrogen-bond acceptors (Lipinski definition) is 9. The number of nitrogens with zero attached hydrogens (tertiary/aromatic N) is 5. The van der Waals surface area contributed by atoms with E-state index in [1.165, 1.54) is 26.4 Å². The Hall–Kier alpha value is -3.48. The molecule has 0 saturated carbocycles. The number of aryl methyl sites for hydroxylation is 1. The maximum absolute atomic E-state index is 14.2. The van der Waals surface area contributed by atoms with E-state index in [0.717, 1.165) is 41.1 Å². The van der Waals surface area contributed by atoms with Crippen LogP contribution in [0, 0.1) is 12.9 Å².